The molecule has 0 atom stereocenters. The maximum atomic E-state index is 11.2. The molecule has 18 heavy (non-hydrogen) atoms. The summed E-state index contributed by atoms with van der Waals surface area (Å²) < 4.78 is 0. The fourth-order valence-corrected chi connectivity index (χ4v) is 1.40. The Bertz CT molecular complexity index is 720. The van der Waals surface area contributed by atoms with Crippen molar-refractivity contribution in [2.75, 3.05) is 5.32 Å². The number of rotatable bonds is 2. The van der Waals surface area contributed by atoms with Gasteiger partial charge in [0.15, 0.2) is 0 Å². The molecule has 0 aliphatic carbocycles. The lowest BCUT2D eigenvalue weighted by Gasteiger charge is -2.04. The van der Waals surface area contributed by atoms with Crippen LogP contribution in [-0.2, 0) is 0 Å². The Balaban J connectivity index is 2.34. The highest BCUT2D eigenvalue weighted by Gasteiger charge is 2.01. The Kier molecular flexibility index (Phi) is 3.04. The number of aromatic amines is 1. The number of anilines is 2. The number of nitrogens with zero attached hydrogens (tertiary/aromatic N) is 3. The minimum atomic E-state index is -0.604. The third kappa shape index (κ3) is 2.52. The Morgan fingerprint density at radius 2 is 2.06 bits per heavy atom. The summed E-state index contributed by atoms with van der Waals surface area (Å²) in [5.41, 5.74) is 0.628. The highest BCUT2D eigenvalue weighted by Crippen LogP contribution is 2.14. The van der Waals surface area contributed by atoms with Gasteiger partial charge in [-0.2, -0.15) is 15.5 Å². The van der Waals surface area contributed by atoms with Crippen molar-refractivity contribution in [2.24, 2.45) is 0 Å². The number of aromatic nitrogens is 2. The molecule has 2 aromatic rings. The molecule has 2 N–H and O–H groups in total. The van der Waals surface area contributed by atoms with E-state index in [-0.39, 0.29) is 11.5 Å². The van der Waals surface area contributed by atoms with Crippen molar-refractivity contribution in [2.45, 2.75) is 0 Å². The van der Waals surface area contributed by atoms with Gasteiger partial charge >= 0.3 is 5.69 Å². The number of hydrogen-bond acceptors (Lipinski definition) is 5. The first-order valence-electron chi connectivity index (χ1n) is 5.00. The summed E-state index contributed by atoms with van der Waals surface area (Å²) in [7, 11) is 0. The van der Waals surface area contributed by atoms with Crippen molar-refractivity contribution >= 4 is 11.5 Å². The SMILES string of the molecule is N#Cc1cccc(Nc2cc(C#N)[nH]c(=O)n2)c1. The zero-order valence-corrected chi connectivity index (χ0v) is 9.14. The molecule has 0 unspecified atom stereocenters. The number of nitriles is 2. The molecule has 0 aliphatic heterocycles. The molecule has 6 heteroatoms. The Morgan fingerprint density at radius 1 is 1.22 bits per heavy atom. The van der Waals surface area contributed by atoms with Crippen molar-refractivity contribution in [1.82, 2.24) is 9.97 Å². The zero-order chi connectivity index (χ0) is 13.0. The molecule has 0 radical (unpaired) electrons. The molecule has 6 nitrogen and oxygen atoms in total. The van der Waals surface area contributed by atoms with Gasteiger partial charge in [0.25, 0.3) is 0 Å². The molecule has 0 saturated heterocycles. The van der Waals surface area contributed by atoms with Gasteiger partial charge in [0.2, 0.25) is 0 Å². The van der Waals surface area contributed by atoms with Crippen LogP contribution in [0.3, 0.4) is 0 Å². The summed E-state index contributed by atoms with van der Waals surface area (Å²) in [5.74, 6) is 0.255. The molecular formula is C12H7N5O. The summed E-state index contributed by atoms with van der Waals surface area (Å²) in [6.45, 7) is 0. The van der Waals surface area contributed by atoms with Gasteiger partial charge in [-0.1, -0.05) is 6.07 Å². The van der Waals surface area contributed by atoms with Crippen molar-refractivity contribution in [1.29, 1.82) is 10.5 Å². The molecule has 1 aromatic heterocycles. The molecule has 0 spiro atoms. The molecule has 0 amide bonds. The van der Waals surface area contributed by atoms with Crippen LogP contribution in [0.15, 0.2) is 35.1 Å². The lowest BCUT2D eigenvalue weighted by Crippen LogP contribution is -2.13. The molecule has 0 aliphatic rings. The minimum absolute atomic E-state index is 0.119. The number of H-pyrrole nitrogens is 1. The minimum Gasteiger partial charge on any atom is -0.340 e. The molecule has 86 valence electrons. The van der Waals surface area contributed by atoms with E-state index in [0.717, 1.165) is 0 Å². The van der Waals surface area contributed by atoms with Gasteiger partial charge < -0.3 is 5.32 Å². The molecule has 2 rings (SSSR count). The quantitative estimate of drug-likeness (QED) is 0.817. The van der Waals surface area contributed by atoms with E-state index in [4.69, 9.17) is 10.5 Å². The normalized spacial score (nSPS) is 9.22. The van der Waals surface area contributed by atoms with E-state index in [1.807, 2.05) is 12.1 Å². The Hall–Kier alpha value is -3.12. The van der Waals surface area contributed by atoms with Gasteiger partial charge in [-0.3, -0.25) is 4.98 Å². The maximum Gasteiger partial charge on any atom is 0.347 e. The lowest BCUT2D eigenvalue weighted by molar-refractivity contribution is 1.06. The summed E-state index contributed by atoms with van der Waals surface area (Å²) in [5, 5.41) is 20.3. The third-order valence-corrected chi connectivity index (χ3v) is 2.13. The smallest absolute Gasteiger partial charge is 0.340 e. The topological polar surface area (TPSA) is 105 Å². The number of benzene rings is 1. The van der Waals surface area contributed by atoms with E-state index < -0.39 is 5.69 Å². The highest BCUT2D eigenvalue weighted by atomic mass is 16.1. The first kappa shape index (κ1) is 11.4. The summed E-state index contributed by atoms with van der Waals surface area (Å²) >= 11 is 0. The standard InChI is InChI=1S/C12H7N5O/c13-6-8-2-1-3-9(4-8)15-11-5-10(7-14)16-12(18)17-11/h1-5H,(H2,15,16,17,18). The van der Waals surface area contributed by atoms with E-state index in [1.54, 1.807) is 24.3 Å². The van der Waals surface area contributed by atoms with E-state index in [1.165, 1.54) is 6.07 Å². The first-order valence-corrected chi connectivity index (χ1v) is 5.00. The molecular weight excluding hydrogens is 230 g/mol. The number of nitrogens with one attached hydrogen (secondary N) is 2. The second-order valence-corrected chi connectivity index (χ2v) is 3.41. The molecule has 1 aromatic carbocycles. The van der Waals surface area contributed by atoms with Crippen LogP contribution >= 0.6 is 0 Å². The van der Waals surface area contributed by atoms with Crippen LogP contribution in [0.5, 0.6) is 0 Å². The van der Waals surface area contributed by atoms with Gasteiger partial charge in [0, 0.05) is 11.8 Å². The average molecular weight is 237 g/mol. The van der Waals surface area contributed by atoms with Crippen LogP contribution < -0.4 is 11.0 Å². The average Bonchev–Trinajstić information content (AvgIpc) is 2.38. The fourth-order valence-electron chi connectivity index (χ4n) is 1.40. The van der Waals surface area contributed by atoms with E-state index >= 15 is 0 Å². The molecule has 0 fully saturated rings. The Labute approximate surface area is 102 Å². The first-order chi connectivity index (χ1) is 8.71. The van der Waals surface area contributed by atoms with Gasteiger partial charge in [0.05, 0.1) is 11.6 Å². The maximum absolute atomic E-state index is 11.2. The predicted molar refractivity (Wildman–Crippen MR) is 64.0 cm³/mol. The second kappa shape index (κ2) is 4.81. The molecule has 0 bridgehead atoms. The van der Waals surface area contributed by atoms with Crippen LogP contribution in [0.25, 0.3) is 0 Å². The van der Waals surface area contributed by atoms with E-state index in [9.17, 15) is 4.79 Å². The molecule has 0 saturated carbocycles. The fraction of sp³-hybridized carbons (Fsp3) is 0. The summed E-state index contributed by atoms with van der Waals surface area (Å²) in [6.07, 6.45) is 0. The van der Waals surface area contributed by atoms with E-state index in [0.29, 0.717) is 11.3 Å². The van der Waals surface area contributed by atoms with Crippen LogP contribution in [0.4, 0.5) is 11.5 Å². The third-order valence-electron chi connectivity index (χ3n) is 2.13. The number of hydrogen-bond donors (Lipinski definition) is 2. The molecule has 1 heterocycles. The van der Waals surface area contributed by atoms with Gasteiger partial charge in [0.1, 0.15) is 17.6 Å². The van der Waals surface area contributed by atoms with Crippen molar-refractivity contribution in [3.8, 4) is 12.1 Å². The Morgan fingerprint density at radius 3 is 2.78 bits per heavy atom. The monoisotopic (exact) mass is 237 g/mol. The van der Waals surface area contributed by atoms with Crippen LogP contribution in [-0.4, -0.2) is 9.97 Å². The highest BCUT2D eigenvalue weighted by molar-refractivity contribution is 5.58. The van der Waals surface area contributed by atoms with Gasteiger partial charge in [-0.15, -0.1) is 0 Å². The van der Waals surface area contributed by atoms with Crippen LogP contribution in [0.2, 0.25) is 0 Å². The van der Waals surface area contributed by atoms with Crippen molar-refractivity contribution in [3.05, 3.63) is 52.1 Å². The zero-order valence-electron chi connectivity index (χ0n) is 9.14. The lowest BCUT2D eigenvalue weighted by atomic mass is 10.2. The summed E-state index contributed by atoms with van der Waals surface area (Å²) in [4.78, 5) is 17.1. The van der Waals surface area contributed by atoms with Gasteiger partial charge in [-0.05, 0) is 18.2 Å². The predicted octanol–water partition coefficient (Wildman–Crippen LogP) is 1.26. The van der Waals surface area contributed by atoms with Crippen LogP contribution in [0.1, 0.15) is 11.3 Å². The summed E-state index contributed by atoms with van der Waals surface area (Å²) in [6, 6.07) is 12.0. The van der Waals surface area contributed by atoms with E-state index in [2.05, 4.69) is 15.3 Å². The van der Waals surface area contributed by atoms with Gasteiger partial charge in [-0.25, -0.2) is 4.79 Å². The van der Waals surface area contributed by atoms with Crippen molar-refractivity contribution < 1.29 is 0 Å². The largest absolute Gasteiger partial charge is 0.347 e. The van der Waals surface area contributed by atoms with Crippen molar-refractivity contribution in [3.63, 3.8) is 0 Å². The van der Waals surface area contributed by atoms with Crippen LogP contribution in [0, 0.1) is 22.7 Å². The second-order valence-electron chi connectivity index (χ2n) is 3.41.